The van der Waals surface area contributed by atoms with Crippen LogP contribution in [0.5, 0.6) is 0 Å². The third-order valence-electron chi connectivity index (χ3n) is 4.35. The normalized spacial score (nSPS) is 16.0. The summed E-state index contributed by atoms with van der Waals surface area (Å²) in [7, 11) is 0. The summed E-state index contributed by atoms with van der Waals surface area (Å²) in [6.45, 7) is 9.41. The van der Waals surface area contributed by atoms with E-state index < -0.39 is 0 Å². The van der Waals surface area contributed by atoms with Gasteiger partial charge in [-0.15, -0.1) is 10.2 Å². The summed E-state index contributed by atoms with van der Waals surface area (Å²) in [5.41, 5.74) is 7.00. The van der Waals surface area contributed by atoms with Gasteiger partial charge in [0.2, 0.25) is 17.7 Å². The van der Waals surface area contributed by atoms with Crippen LogP contribution >= 0.6 is 0 Å². The number of nitrogens with two attached hydrogens (primary N) is 1. The van der Waals surface area contributed by atoms with Crippen LogP contribution in [0, 0.1) is 6.92 Å². The van der Waals surface area contributed by atoms with Gasteiger partial charge in [-0.2, -0.15) is 0 Å². The van der Waals surface area contributed by atoms with Gasteiger partial charge in [-0.25, -0.2) is 0 Å². The van der Waals surface area contributed by atoms with Gasteiger partial charge in [-0.1, -0.05) is 49.2 Å². The highest BCUT2D eigenvalue weighted by Crippen LogP contribution is 2.12. The molecular formula is C20H31N5O2. The number of carbonyl (C=O) groups excluding carboxylic acids is 1. The Morgan fingerprint density at radius 1 is 1.22 bits per heavy atom. The van der Waals surface area contributed by atoms with Crippen LogP contribution in [0.15, 0.2) is 34.7 Å². The summed E-state index contributed by atoms with van der Waals surface area (Å²) in [4.78, 5) is 16.0. The Labute approximate surface area is 161 Å². The molecule has 0 radical (unpaired) electrons. The number of piperazine rings is 1. The first-order valence-electron chi connectivity index (χ1n) is 9.59. The monoisotopic (exact) mass is 373 g/mol. The molecule has 2 aromatic rings. The van der Waals surface area contributed by atoms with Crippen LogP contribution in [-0.4, -0.2) is 52.1 Å². The average molecular weight is 374 g/mol. The standard InChI is InChI=1S/C13H23N5O2.C7H8/c1-3-4-5-18-7-6-17(9-12(18)19)8-11-15-16-13(20-11)10(2)14;1-7-5-3-2-4-6-7/h10H,3-9,14H2,1-2H3;2-6H,1H3/t10-;/m0./s1. The maximum absolute atomic E-state index is 12.0. The van der Waals surface area contributed by atoms with E-state index >= 15 is 0 Å². The van der Waals surface area contributed by atoms with Gasteiger partial charge in [0.1, 0.15) is 0 Å². The van der Waals surface area contributed by atoms with Crippen molar-refractivity contribution in [3.8, 4) is 0 Å². The van der Waals surface area contributed by atoms with Gasteiger partial charge in [0.15, 0.2) is 0 Å². The molecule has 0 bridgehead atoms. The van der Waals surface area contributed by atoms with Crippen LogP contribution < -0.4 is 5.73 Å². The second-order valence-electron chi connectivity index (χ2n) is 6.92. The second-order valence-corrected chi connectivity index (χ2v) is 6.92. The number of amides is 1. The molecule has 1 fully saturated rings. The molecule has 1 amide bonds. The van der Waals surface area contributed by atoms with Crippen molar-refractivity contribution < 1.29 is 9.21 Å². The molecule has 7 heteroatoms. The quantitative estimate of drug-likeness (QED) is 0.837. The first-order valence-corrected chi connectivity index (χ1v) is 9.59. The third kappa shape index (κ3) is 7.11. The molecule has 2 N–H and O–H groups in total. The summed E-state index contributed by atoms with van der Waals surface area (Å²) in [5, 5.41) is 7.85. The zero-order chi connectivity index (χ0) is 19.6. The average Bonchev–Trinajstić information content (AvgIpc) is 3.11. The lowest BCUT2D eigenvalue weighted by Crippen LogP contribution is -2.50. The molecule has 148 valence electrons. The molecule has 2 heterocycles. The molecule has 1 saturated heterocycles. The molecule has 1 aliphatic heterocycles. The van der Waals surface area contributed by atoms with Gasteiger partial charge in [0.05, 0.1) is 19.1 Å². The van der Waals surface area contributed by atoms with Crippen LogP contribution in [0.3, 0.4) is 0 Å². The fraction of sp³-hybridized carbons (Fsp3) is 0.550. The lowest BCUT2D eigenvalue weighted by atomic mass is 10.2. The summed E-state index contributed by atoms with van der Waals surface area (Å²) in [6.07, 6.45) is 2.17. The minimum Gasteiger partial charge on any atom is -0.422 e. The molecule has 0 aliphatic carbocycles. The number of carbonyl (C=O) groups is 1. The summed E-state index contributed by atoms with van der Waals surface area (Å²) in [5.74, 6) is 1.14. The van der Waals surface area contributed by atoms with Gasteiger partial charge in [-0.3, -0.25) is 9.69 Å². The largest absolute Gasteiger partial charge is 0.422 e. The van der Waals surface area contributed by atoms with Crippen LogP contribution in [0.4, 0.5) is 0 Å². The zero-order valence-corrected chi connectivity index (χ0v) is 16.6. The topological polar surface area (TPSA) is 88.5 Å². The summed E-state index contributed by atoms with van der Waals surface area (Å²) in [6, 6.07) is 10.0. The van der Waals surface area contributed by atoms with E-state index in [9.17, 15) is 4.79 Å². The Kier molecular flexibility index (Phi) is 8.42. The highest BCUT2D eigenvalue weighted by atomic mass is 16.4. The molecule has 7 nitrogen and oxygen atoms in total. The van der Waals surface area contributed by atoms with Crippen molar-refractivity contribution in [3.05, 3.63) is 47.7 Å². The number of aryl methyl sites for hydroxylation is 1. The molecule has 0 spiro atoms. The van der Waals surface area contributed by atoms with Crippen molar-refractivity contribution >= 4 is 5.91 Å². The number of nitrogens with zero attached hydrogens (tertiary/aromatic N) is 4. The van der Waals surface area contributed by atoms with Crippen molar-refractivity contribution in [2.75, 3.05) is 26.2 Å². The highest BCUT2D eigenvalue weighted by Gasteiger charge is 2.24. The molecule has 1 aromatic carbocycles. The molecular weight excluding hydrogens is 342 g/mol. The van der Waals surface area contributed by atoms with Crippen LogP contribution in [-0.2, 0) is 11.3 Å². The number of hydrogen-bond donors (Lipinski definition) is 1. The van der Waals surface area contributed by atoms with Crippen LogP contribution in [0.1, 0.15) is 50.1 Å². The van der Waals surface area contributed by atoms with Crippen molar-refractivity contribution in [1.82, 2.24) is 20.0 Å². The lowest BCUT2D eigenvalue weighted by molar-refractivity contribution is -0.136. The predicted molar refractivity (Wildman–Crippen MR) is 105 cm³/mol. The van der Waals surface area contributed by atoms with Gasteiger partial charge >= 0.3 is 0 Å². The summed E-state index contributed by atoms with van der Waals surface area (Å²) >= 11 is 0. The van der Waals surface area contributed by atoms with Crippen molar-refractivity contribution in [2.24, 2.45) is 5.73 Å². The first-order chi connectivity index (χ1) is 13.0. The Morgan fingerprint density at radius 2 is 1.96 bits per heavy atom. The number of benzene rings is 1. The predicted octanol–water partition coefficient (Wildman–Crippen LogP) is 2.53. The lowest BCUT2D eigenvalue weighted by Gasteiger charge is -2.33. The molecule has 1 aromatic heterocycles. The molecule has 0 unspecified atom stereocenters. The Bertz CT molecular complexity index is 687. The van der Waals surface area contributed by atoms with Crippen LogP contribution in [0.25, 0.3) is 0 Å². The van der Waals surface area contributed by atoms with E-state index in [0.717, 1.165) is 32.5 Å². The van der Waals surface area contributed by atoms with Gasteiger partial charge < -0.3 is 15.1 Å². The Morgan fingerprint density at radius 3 is 2.48 bits per heavy atom. The number of rotatable bonds is 6. The molecule has 1 atom stereocenters. The van der Waals surface area contributed by atoms with E-state index in [-0.39, 0.29) is 11.9 Å². The maximum Gasteiger partial charge on any atom is 0.236 e. The van der Waals surface area contributed by atoms with E-state index in [2.05, 4.69) is 36.2 Å². The highest BCUT2D eigenvalue weighted by molar-refractivity contribution is 5.79. The Hall–Kier alpha value is -2.25. The van der Waals surface area contributed by atoms with Gasteiger partial charge in [-0.05, 0) is 20.3 Å². The van der Waals surface area contributed by atoms with Crippen molar-refractivity contribution in [3.63, 3.8) is 0 Å². The number of hydrogen-bond acceptors (Lipinski definition) is 6. The van der Waals surface area contributed by atoms with E-state index in [1.54, 1.807) is 6.92 Å². The van der Waals surface area contributed by atoms with E-state index in [1.165, 1.54) is 5.56 Å². The zero-order valence-electron chi connectivity index (χ0n) is 16.6. The number of aromatic nitrogens is 2. The molecule has 0 saturated carbocycles. The SMILES string of the molecule is CCCCN1CCN(Cc2nnc([C@H](C)N)o2)CC1=O.Cc1ccccc1. The maximum atomic E-state index is 12.0. The second kappa shape index (κ2) is 10.8. The van der Waals surface area contributed by atoms with Gasteiger partial charge in [0.25, 0.3) is 0 Å². The fourth-order valence-corrected chi connectivity index (χ4v) is 2.72. The summed E-state index contributed by atoms with van der Waals surface area (Å²) < 4.78 is 5.46. The van der Waals surface area contributed by atoms with E-state index in [0.29, 0.717) is 24.9 Å². The minimum atomic E-state index is -0.260. The minimum absolute atomic E-state index is 0.177. The van der Waals surface area contributed by atoms with Crippen LogP contribution in [0.2, 0.25) is 0 Å². The fourth-order valence-electron chi connectivity index (χ4n) is 2.72. The third-order valence-corrected chi connectivity index (χ3v) is 4.35. The molecule has 3 rings (SSSR count). The van der Waals surface area contributed by atoms with E-state index in [1.807, 2.05) is 28.0 Å². The Balaban J connectivity index is 0.000000313. The first kappa shape index (κ1) is 21.1. The van der Waals surface area contributed by atoms with Gasteiger partial charge in [0, 0.05) is 19.6 Å². The molecule has 1 aliphatic rings. The number of unbranched alkanes of at least 4 members (excludes halogenated alkanes) is 1. The smallest absolute Gasteiger partial charge is 0.236 e. The van der Waals surface area contributed by atoms with Crippen molar-refractivity contribution in [1.29, 1.82) is 0 Å². The van der Waals surface area contributed by atoms with E-state index in [4.69, 9.17) is 10.2 Å². The van der Waals surface area contributed by atoms with Crippen molar-refractivity contribution in [2.45, 2.75) is 46.2 Å². The molecule has 27 heavy (non-hydrogen) atoms.